The molecule has 0 radical (unpaired) electrons. The van der Waals surface area contributed by atoms with Crippen molar-refractivity contribution in [3.05, 3.63) is 45.4 Å². The van der Waals surface area contributed by atoms with Crippen molar-refractivity contribution in [1.29, 1.82) is 0 Å². The molecule has 0 aliphatic rings. The topological polar surface area (TPSA) is 49.8 Å². The maximum absolute atomic E-state index is 5.21. The minimum absolute atomic E-state index is 0.659. The van der Waals surface area contributed by atoms with Gasteiger partial charge in [0.2, 0.25) is 0 Å². The van der Waals surface area contributed by atoms with Gasteiger partial charge < -0.3 is 15.0 Å². The molecule has 1 aromatic heterocycles. The third-order valence-corrected chi connectivity index (χ3v) is 4.70. The Hall–Kier alpha value is -2.08. The SMILES string of the molecule is CCNC(=NCc1sc(C)nc1C)N(C)Cc1ccc(OC)cc1. The number of hydrogen-bond donors (Lipinski definition) is 1. The van der Waals surface area contributed by atoms with Crippen LogP contribution in [0.4, 0.5) is 0 Å². The molecule has 0 saturated heterocycles. The second-order valence-electron chi connectivity index (χ2n) is 5.62. The molecule has 0 aliphatic carbocycles. The standard InChI is InChI=1S/C18H26N4OS/c1-6-19-18(20-11-17-13(2)21-14(3)24-17)22(4)12-15-7-9-16(23-5)10-8-15/h7-10H,6,11-12H2,1-5H3,(H,19,20). The lowest BCUT2D eigenvalue weighted by molar-refractivity contribution is 0.414. The van der Waals surface area contributed by atoms with Gasteiger partial charge in [-0.25, -0.2) is 9.98 Å². The van der Waals surface area contributed by atoms with Crippen molar-refractivity contribution in [1.82, 2.24) is 15.2 Å². The Morgan fingerprint density at radius 3 is 2.54 bits per heavy atom. The van der Waals surface area contributed by atoms with Gasteiger partial charge in [0.05, 0.1) is 24.4 Å². The predicted octanol–water partition coefficient (Wildman–Crippen LogP) is 3.37. The highest BCUT2D eigenvalue weighted by molar-refractivity contribution is 7.11. The fraction of sp³-hybridized carbons (Fsp3) is 0.444. The first-order valence-corrected chi connectivity index (χ1v) is 8.90. The van der Waals surface area contributed by atoms with Gasteiger partial charge in [0.15, 0.2) is 5.96 Å². The van der Waals surface area contributed by atoms with Crippen LogP contribution < -0.4 is 10.1 Å². The minimum Gasteiger partial charge on any atom is -0.497 e. The molecule has 130 valence electrons. The van der Waals surface area contributed by atoms with Crippen LogP contribution in [-0.4, -0.2) is 36.5 Å². The van der Waals surface area contributed by atoms with Gasteiger partial charge in [0.1, 0.15) is 5.75 Å². The zero-order valence-corrected chi connectivity index (χ0v) is 15.9. The smallest absolute Gasteiger partial charge is 0.194 e. The van der Waals surface area contributed by atoms with E-state index in [-0.39, 0.29) is 0 Å². The van der Waals surface area contributed by atoms with E-state index in [1.54, 1.807) is 18.4 Å². The van der Waals surface area contributed by atoms with Gasteiger partial charge >= 0.3 is 0 Å². The number of aromatic nitrogens is 1. The maximum atomic E-state index is 5.21. The molecule has 24 heavy (non-hydrogen) atoms. The summed E-state index contributed by atoms with van der Waals surface area (Å²) in [6.45, 7) is 8.45. The Bertz CT molecular complexity index is 679. The van der Waals surface area contributed by atoms with Crippen LogP contribution in [0.15, 0.2) is 29.3 Å². The Balaban J connectivity index is 2.06. The molecule has 0 fully saturated rings. The third kappa shape index (κ3) is 4.96. The van der Waals surface area contributed by atoms with Gasteiger partial charge in [-0.2, -0.15) is 0 Å². The van der Waals surface area contributed by atoms with Crippen LogP contribution in [0, 0.1) is 13.8 Å². The number of benzene rings is 1. The molecule has 2 aromatic rings. The van der Waals surface area contributed by atoms with Gasteiger partial charge in [0.25, 0.3) is 0 Å². The first-order chi connectivity index (χ1) is 11.5. The van der Waals surface area contributed by atoms with Crippen LogP contribution in [-0.2, 0) is 13.1 Å². The Labute approximate surface area is 148 Å². The highest BCUT2D eigenvalue weighted by atomic mass is 32.1. The number of thiazole rings is 1. The first kappa shape index (κ1) is 18.3. The molecular weight excluding hydrogens is 320 g/mol. The lowest BCUT2D eigenvalue weighted by Crippen LogP contribution is -2.38. The Kier molecular flexibility index (Phi) is 6.61. The fourth-order valence-corrected chi connectivity index (χ4v) is 3.28. The van der Waals surface area contributed by atoms with E-state index in [0.29, 0.717) is 6.54 Å². The Morgan fingerprint density at radius 2 is 2.00 bits per heavy atom. The molecule has 0 saturated carbocycles. The molecule has 1 aromatic carbocycles. The van der Waals surface area contributed by atoms with Crippen molar-refractivity contribution in [2.45, 2.75) is 33.9 Å². The molecule has 2 rings (SSSR count). The van der Waals surface area contributed by atoms with Gasteiger partial charge in [-0.1, -0.05) is 12.1 Å². The van der Waals surface area contributed by atoms with Crippen molar-refractivity contribution < 1.29 is 4.74 Å². The summed E-state index contributed by atoms with van der Waals surface area (Å²) in [5.41, 5.74) is 2.30. The van der Waals surface area contributed by atoms with E-state index in [0.717, 1.165) is 35.5 Å². The summed E-state index contributed by atoms with van der Waals surface area (Å²) in [4.78, 5) is 12.6. The number of nitrogens with zero attached hydrogens (tertiary/aromatic N) is 3. The monoisotopic (exact) mass is 346 g/mol. The number of rotatable bonds is 6. The van der Waals surface area contributed by atoms with E-state index in [1.165, 1.54) is 10.4 Å². The van der Waals surface area contributed by atoms with Crippen LogP contribution in [0.1, 0.15) is 28.1 Å². The van der Waals surface area contributed by atoms with Crippen molar-refractivity contribution in [3.8, 4) is 5.75 Å². The largest absolute Gasteiger partial charge is 0.497 e. The number of aryl methyl sites for hydroxylation is 2. The van der Waals surface area contributed by atoms with Gasteiger partial charge in [0, 0.05) is 25.0 Å². The number of hydrogen-bond acceptors (Lipinski definition) is 4. The van der Waals surface area contributed by atoms with E-state index in [9.17, 15) is 0 Å². The van der Waals surface area contributed by atoms with Crippen molar-refractivity contribution in [2.75, 3.05) is 20.7 Å². The zero-order valence-electron chi connectivity index (χ0n) is 15.1. The summed E-state index contributed by atoms with van der Waals surface area (Å²) < 4.78 is 5.21. The summed E-state index contributed by atoms with van der Waals surface area (Å²) in [7, 11) is 3.73. The lowest BCUT2D eigenvalue weighted by atomic mass is 10.2. The summed E-state index contributed by atoms with van der Waals surface area (Å²) in [5.74, 6) is 1.77. The quantitative estimate of drug-likeness (QED) is 0.644. The summed E-state index contributed by atoms with van der Waals surface area (Å²) >= 11 is 1.72. The lowest BCUT2D eigenvalue weighted by Gasteiger charge is -2.22. The summed E-state index contributed by atoms with van der Waals surface area (Å²) in [6, 6.07) is 8.12. The molecule has 0 bridgehead atoms. The second-order valence-corrected chi connectivity index (χ2v) is 6.90. The van der Waals surface area contributed by atoms with E-state index >= 15 is 0 Å². The van der Waals surface area contributed by atoms with Gasteiger partial charge in [-0.3, -0.25) is 0 Å². The zero-order chi connectivity index (χ0) is 17.5. The molecule has 0 amide bonds. The van der Waals surface area contributed by atoms with Crippen LogP contribution in [0.25, 0.3) is 0 Å². The highest BCUT2D eigenvalue weighted by Gasteiger charge is 2.09. The summed E-state index contributed by atoms with van der Waals surface area (Å²) in [5, 5.41) is 4.45. The van der Waals surface area contributed by atoms with Crippen molar-refractivity contribution in [3.63, 3.8) is 0 Å². The normalized spacial score (nSPS) is 11.5. The van der Waals surface area contributed by atoms with Crippen LogP contribution in [0.3, 0.4) is 0 Å². The number of aliphatic imine (C=N–C) groups is 1. The molecule has 1 N–H and O–H groups in total. The molecule has 5 nitrogen and oxygen atoms in total. The average molecular weight is 347 g/mol. The van der Waals surface area contributed by atoms with E-state index in [1.807, 2.05) is 26.0 Å². The number of methoxy groups -OCH3 is 1. The third-order valence-electron chi connectivity index (χ3n) is 3.65. The summed E-state index contributed by atoms with van der Waals surface area (Å²) in [6.07, 6.45) is 0. The van der Waals surface area contributed by atoms with Crippen LogP contribution in [0.5, 0.6) is 5.75 Å². The molecule has 0 unspecified atom stereocenters. The molecular formula is C18H26N4OS. The maximum Gasteiger partial charge on any atom is 0.194 e. The van der Waals surface area contributed by atoms with Crippen molar-refractivity contribution in [2.24, 2.45) is 4.99 Å². The van der Waals surface area contributed by atoms with Crippen LogP contribution >= 0.6 is 11.3 Å². The number of nitrogens with one attached hydrogen (secondary N) is 1. The predicted molar refractivity (Wildman–Crippen MR) is 101 cm³/mol. The van der Waals surface area contributed by atoms with Crippen LogP contribution in [0.2, 0.25) is 0 Å². The van der Waals surface area contributed by atoms with Gasteiger partial charge in [-0.05, 0) is 38.5 Å². The number of ether oxygens (including phenoxy) is 1. The Morgan fingerprint density at radius 1 is 1.29 bits per heavy atom. The molecule has 0 atom stereocenters. The molecule has 0 spiro atoms. The van der Waals surface area contributed by atoms with E-state index < -0.39 is 0 Å². The second kappa shape index (κ2) is 8.68. The average Bonchev–Trinajstić information content (AvgIpc) is 2.89. The first-order valence-electron chi connectivity index (χ1n) is 8.08. The van der Waals surface area contributed by atoms with Gasteiger partial charge in [-0.15, -0.1) is 11.3 Å². The number of guanidine groups is 1. The fourth-order valence-electron chi connectivity index (χ4n) is 2.42. The highest BCUT2D eigenvalue weighted by Crippen LogP contribution is 2.18. The van der Waals surface area contributed by atoms with E-state index in [4.69, 9.17) is 9.73 Å². The molecule has 1 heterocycles. The molecule has 0 aliphatic heterocycles. The van der Waals surface area contributed by atoms with E-state index in [2.05, 4.69) is 41.3 Å². The minimum atomic E-state index is 0.659. The van der Waals surface area contributed by atoms with Crippen molar-refractivity contribution >= 4 is 17.3 Å². The molecule has 6 heteroatoms.